The first-order valence-electron chi connectivity index (χ1n) is 42.2. The minimum Gasteiger partial charge on any atom is -0.507 e. The second kappa shape index (κ2) is 54.2. The molecule has 0 aromatic heterocycles. The second-order valence-electron chi connectivity index (χ2n) is 32.4. The van der Waals surface area contributed by atoms with Crippen LogP contribution >= 0.6 is 0 Å². The summed E-state index contributed by atoms with van der Waals surface area (Å²) in [5, 5.41) is 10.9. The number of hydrogen-bond donors (Lipinski definition) is 1. The maximum Gasteiger partial charge on any atom is 0.343 e. The van der Waals surface area contributed by atoms with Crippen molar-refractivity contribution in [3.63, 3.8) is 0 Å². The van der Waals surface area contributed by atoms with Gasteiger partial charge in [0.2, 0.25) is 0 Å². The normalized spacial score (nSPS) is 15.7. The number of carbonyl (C=O) groups is 9. The molecule has 0 bridgehead atoms. The molecule has 3 aromatic carbocycles. The first-order valence-corrected chi connectivity index (χ1v) is 42.2. The Kier molecular flexibility index (Phi) is 45.9. The van der Waals surface area contributed by atoms with Gasteiger partial charge in [-0.05, 0) is 256 Å². The van der Waals surface area contributed by atoms with Gasteiger partial charge in [0.15, 0.2) is 0 Å². The van der Waals surface area contributed by atoms with E-state index in [2.05, 4.69) is 6.92 Å². The van der Waals surface area contributed by atoms with E-state index in [1.54, 1.807) is 60.7 Å². The predicted molar refractivity (Wildman–Crippen MR) is 424 cm³/mol. The number of ether oxygens (including phenoxy) is 10. The Balaban J connectivity index is 0.702. The van der Waals surface area contributed by atoms with Gasteiger partial charge in [0, 0.05) is 49.7 Å². The third kappa shape index (κ3) is 40.6. The van der Waals surface area contributed by atoms with Crippen LogP contribution in [-0.2, 0) is 77.5 Å². The van der Waals surface area contributed by atoms with Crippen LogP contribution in [0.5, 0.6) is 23.0 Å². The zero-order valence-corrected chi connectivity index (χ0v) is 68.1. The molecule has 0 atom stereocenters. The van der Waals surface area contributed by atoms with Gasteiger partial charge < -0.3 is 52.5 Å². The minimum absolute atomic E-state index is 0.0645. The molecule has 2 aliphatic rings. The first-order chi connectivity index (χ1) is 53.0. The predicted octanol–water partition coefficient (Wildman–Crippen LogP) is 20.5. The Bertz CT molecular complexity index is 3110. The van der Waals surface area contributed by atoms with E-state index in [1.807, 2.05) is 41.5 Å². The highest BCUT2D eigenvalue weighted by Gasteiger charge is 2.34. The summed E-state index contributed by atoms with van der Waals surface area (Å²) in [6.45, 7) is 16.9. The van der Waals surface area contributed by atoms with Gasteiger partial charge in [0.25, 0.3) is 0 Å². The van der Waals surface area contributed by atoms with Crippen LogP contribution in [0.15, 0.2) is 60.7 Å². The fraction of sp³-hybridized carbons (Fsp3) is 0.700. The highest BCUT2D eigenvalue weighted by molar-refractivity contribution is 5.91. The van der Waals surface area contributed by atoms with E-state index < -0.39 is 11.9 Å². The number of hydrogen-bond acceptors (Lipinski definition) is 20. The van der Waals surface area contributed by atoms with Crippen molar-refractivity contribution < 1.29 is 95.6 Å². The summed E-state index contributed by atoms with van der Waals surface area (Å²) in [5.41, 5.74) is 1.49. The quantitative estimate of drug-likeness (QED) is 0.0238. The number of rotatable bonds is 56. The summed E-state index contributed by atoms with van der Waals surface area (Å²) >= 11 is 0. The first kappa shape index (κ1) is 93.1. The van der Waals surface area contributed by atoms with E-state index in [0.717, 1.165) is 114 Å². The zero-order chi connectivity index (χ0) is 79.6. The summed E-state index contributed by atoms with van der Waals surface area (Å²) in [6, 6.07) is 17.0. The third-order valence-corrected chi connectivity index (χ3v) is 21.0. The Hall–Kier alpha value is -7.51. The van der Waals surface area contributed by atoms with E-state index in [4.69, 9.17) is 47.4 Å². The van der Waals surface area contributed by atoms with Crippen LogP contribution in [0.3, 0.4) is 0 Å². The molecule has 110 heavy (non-hydrogen) atoms. The largest absolute Gasteiger partial charge is 0.507 e. The summed E-state index contributed by atoms with van der Waals surface area (Å²) in [4.78, 5) is 112. The third-order valence-electron chi connectivity index (χ3n) is 21.0. The molecule has 616 valence electrons. The molecule has 2 aliphatic carbocycles. The van der Waals surface area contributed by atoms with Crippen molar-refractivity contribution in [2.24, 2.45) is 23.7 Å². The van der Waals surface area contributed by atoms with Crippen molar-refractivity contribution >= 4 is 53.7 Å². The maximum absolute atomic E-state index is 13.1. The lowest BCUT2D eigenvalue weighted by atomic mass is 9.68. The van der Waals surface area contributed by atoms with Crippen LogP contribution in [0.1, 0.15) is 350 Å². The van der Waals surface area contributed by atoms with Crippen LogP contribution < -0.4 is 14.2 Å². The average molecular weight is 1540 g/mol. The number of phenols is 1. The van der Waals surface area contributed by atoms with Gasteiger partial charge in [-0.15, -0.1) is 0 Å². The monoisotopic (exact) mass is 1540 g/mol. The van der Waals surface area contributed by atoms with Crippen molar-refractivity contribution in [3.8, 4) is 23.0 Å². The molecule has 0 radical (unpaired) electrons. The van der Waals surface area contributed by atoms with E-state index in [9.17, 15) is 48.3 Å². The molecule has 0 spiro atoms. The van der Waals surface area contributed by atoms with Crippen molar-refractivity contribution in [1.29, 1.82) is 0 Å². The summed E-state index contributed by atoms with van der Waals surface area (Å²) in [6.07, 6.45) is 34.5. The molecule has 2 fully saturated rings. The fourth-order valence-electron chi connectivity index (χ4n) is 14.2. The highest BCUT2D eigenvalue weighted by atomic mass is 16.6. The lowest BCUT2D eigenvalue weighted by Gasteiger charge is -2.37. The lowest BCUT2D eigenvalue weighted by Crippen LogP contribution is -2.30. The number of esters is 9. The van der Waals surface area contributed by atoms with Gasteiger partial charge in [-0.25, -0.2) is 9.59 Å². The molecule has 20 nitrogen and oxygen atoms in total. The van der Waals surface area contributed by atoms with Crippen molar-refractivity contribution in [1.82, 2.24) is 0 Å². The van der Waals surface area contributed by atoms with Crippen LogP contribution in [0.2, 0.25) is 0 Å². The number of benzene rings is 3. The minimum atomic E-state index is -0.486. The SMILES string of the molecule is CCCCCC1CCC(C2CCC(C(=O)Oc3ccc(OC(=O)c4ccc(OCCCCCCCCOC(=O)CCCCCOC(=O)CCCCCOC(=O)CCCCCOC(=O)CCCCCOC(=O)CCCCCOC(=O)CCCCCOC(=O)c5cc(C(C)(C)C)c(O)c(C(C)(C)C)c5)cc4)cc3)CC2)CC1. The van der Waals surface area contributed by atoms with Gasteiger partial charge in [-0.2, -0.15) is 0 Å². The van der Waals surface area contributed by atoms with Crippen LogP contribution in [0, 0.1) is 23.7 Å². The smallest absolute Gasteiger partial charge is 0.343 e. The molecule has 0 saturated heterocycles. The Morgan fingerprint density at radius 1 is 0.336 bits per heavy atom. The van der Waals surface area contributed by atoms with Gasteiger partial charge >= 0.3 is 53.7 Å². The van der Waals surface area contributed by atoms with Gasteiger partial charge in [-0.3, -0.25) is 33.6 Å². The molecule has 0 amide bonds. The van der Waals surface area contributed by atoms with Gasteiger partial charge in [-0.1, -0.05) is 113 Å². The van der Waals surface area contributed by atoms with E-state index in [1.165, 1.54) is 51.4 Å². The number of phenolic OH excluding ortho intramolecular Hbond substituents is 1. The molecule has 5 rings (SSSR count). The van der Waals surface area contributed by atoms with Gasteiger partial charge in [0.1, 0.15) is 23.0 Å². The summed E-state index contributed by atoms with van der Waals surface area (Å²) in [5.74, 6) is 1.46. The number of unbranched alkanes of at least 4 members (excludes halogenated alkanes) is 19. The molecule has 3 aromatic rings. The van der Waals surface area contributed by atoms with Crippen molar-refractivity contribution in [2.45, 2.75) is 329 Å². The molecule has 0 heterocycles. The molecule has 0 unspecified atom stereocenters. The fourth-order valence-corrected chi connectivity index (χ4v) is 14.2. The molecule has 20 heteroatoms. The highest BCUT2D eigenvalue weighted by Crippen LogP contribution is 2.44. The molecular formula is C90H136O20. The zero-order valence-electron chi connectivity index (χ0n) is 68.1. The Morgan fingerprint density at radius 3 is 1.02 bits per heavy atom. The second-order valence-corrected chi connectivity index (χ2v) is 32.4. The molecule has 0 aliphatic heterocycles. The number of aromatic hydroxyl groups is 1. The summed E-state index contributed by atoms with van der Waals surface area (Å²) in [7, 11) is 0. The number of carbonyl (C=O) groups excluding carboxylic acids is 9. The molecular weight excluding hydrogens is 1400 g/mol. The van der Waals surface area contributed by atoms with Crippen LogP contribution in [0.25, 0.3) is 0 Å². The Morgan fingerprint density at radius 2 is 0.655 bits per heavy atom. The van der Waals surface area contributed by atoms with Crippen LogP contribution in [0.4, 0.5) is 0 Å². The van der Waals surface area contributed by atoms with E-state index in [-0.39, 0.29) is 116 Å². The average Bonchev–Trinajstić information content (AvgIpc) is 0.779. The molecule has 1 N–H and O–H groups in total. The van der Waals surface area contributed by atoms with Gasteiger partial charge in [0.05, 0.1) is 69.9 Å². The van der Waals surface area contributed by atoms with Crippen molar-refractivity contribution in [2.75, 3.05) is 52.9 Å². The van der Waals surface area contributed by atoms with Crippen LogP contribution in [-0.4, -0.2) is 112 Å². The maximum atomic E-state index is 13.1. The summed E-state index contributed by atoms with van der Waals surface area (Å²) < 4.78 is 54.9. The van der Waals surface area contributed by atoms with E-state index in [0.29, 0.717) is 162 Å². The van der Waals surface area contributed by atoms with Crippen molar-refractivity contribution in [3.05, 3.63) is 82.9 Å². The standard InChI is InChI=1S/C90H136O20/c1-8-9-20-35-68-42-44-69(45-43-68)70-46-48-71(49-47-70)87(99)109-75-54-56-76(57-55-75)110-88(100)72-50-52-74(53-51-72)101-58-27-12-10-11-13-28-59-102-79(91)36-21-14-29-60-103-80(92)37-22-15-30-61-104-81(93)38-23-16-31-62-105-82(94)39-24-17-32-63-106-83(95)40-25-18-33-64-107-84(96)41-26-19-34-65-108-86(98)73-66-77(89(2,3)4)85(97)78(67-73)90(5,6)7/h50-57,66-71,97H,8-49,58-65H2,1-7H3. The molecule has 2 saturated carbocycles. The Labute approximate surface area is 657 Å². The lowest BCUT2D eigenvalue weighted by molar-refractivity contribution is -0.146. The topological polar surface area (TPSA) is 266 Å². The van der Waals surface area contributed by atoms with E-state index >= 15 is 0 Å².